The van der Waals surface area contributed by atoms with Gasteiger partial charge in [0.2, 0.25) is 0 Å². The van der Waals surface area contributed by atoms with Gasteiger partial charge in [0.1, 0.15) is 11.6 Å². The highest BCUT2D eigenvalue weighted by atomic mass is 35.5. The van der Waals surface area contributed by atoms with Gasteiger partial charge in [-0.25, -0.2) is 9.37 Å². The lowest BCUT2D eigenvalue weighted by molar-refractivity contribution is 0.621. The van der Waals surface area contributed by atoms with E-state index in [-0.39, 0.29) is 5.82 Å². The van der Waals surface area contributed by atoms with Crippen LogP contribution in [0.4, 0.5) is 4.39 Å². The van der Waals surface area contributed by atoms with Gasteiger partial charge in [0, 0.05) is 6.54 Å². The summed E-state index contributed by atoms with van der Waals surface area (Å²) in [6, 6.07) is 12.8. The number of para-hydroxylation sites is 1. The first-order valence-electron chi connectivity index (χ1n) is 6.94. The van der Waals surface area contributed by atoms with Crippen molar-refractivity contribution in [2.45, 2.75) is 25.8 Å². The molecule has 3 rings (SSSR count). The zero-order valence-corrected chi connectivity index (χ0v) is 12.6. The summed E-state index contributed by atoms with van der Waals surface area (Å²) in [4.78, 5) is 4.62. The molecule has 0 aliphatic carbocycles. The van der Waals surface area contributed by atoms with Crippen molar-refractivity contribution in [2.24, 2.45) is 0 Å². The number of nitrogens with zero attached hydrogens (tertiary/aromatic N) is 2. The van der Waals surface area contributed by atoms with Crippen LogP contribution in [0.3, 0.4) is 0 Å². The molecular weight excluding hydrogens is 287 g/mol. The van der Waals surface area contributed by atoms with Gasteiger partial charge in [-0.2, -0.15) is 0 Å². The Kier molecular flexibility index (Phi) is 3.93. The van der Waals surface area contributed by atoms with Crippen LogP contribution in [-0.2, 0) is 18.8 Å². The van der Waals surface area contributed by atoms with Crippen molar-refractivity contribution in [1.82, 2.24) is 9.55 Å². The lowest BCUT2D eigenvalue weighted by Crippen LogP contribution is -2.05. The second-order valence-electron chi connectivity index (χ2n) is 5.14. The molecule has 3 aromatic rings. The van der Waals surface area contributed by atoms with Gasteiger partial charge in [-0.1, -0.05) is 24.3 Å². The Bertz CT molecular complexity index is 780. The van der Waals surface area contributed by atoms with E-state index in [2.05, 4.69) is 15.6 Å². The van der Waals surface area contributed by atoms with Crippen LogP contribution in [0.2, 0.25) is 0 Å². The molecule has 0 aliphatic rings. The number of aromatic nitrogens is 2. The summed E-state index contributed by atoms with van der Waals surface area (Å²) in [6.45, 7) is 2.79. The SMILES string of the molecule is Cc1cccc2c1nc(CCl)n2CCc1cccc(F)c1. The third kappa shape index (κ3) is 2.79. The molecule has 0 saturated carbocycles. The molecule has 0 N–H and O–H groups in total. The average Bonchev–Trinajstić information content (AvgIpc) is 2.84. The predicted molar refractivity (Wildman–Crippen MR) is 84.1 cm³/mol. The molecule has 1 heterocycles. The summed E-state index contributed by atoms with van der Waals surface area (Å²) in [5.41, 5.74) is 4.20. The van der Waals surface area contributed by atoms with E-state index < -0.39 is 0 Å². The second kappa shape index (κ2) is 5.86. The minimum atomic E-state index is -0.198. The number of halogens is 2. The highest BCUT2D eigenvalue weighted by Crippen LogP contribution is 2.21. The van der Waals surface area contributed by atoms with Crippen molar-refractivity contribution in [3.63, 3.8) is 0 Å². The molecule has 0 bridgehead atoms. The van der Waals surface area contributed by atoms with E-state index in [1.165, 1.54) is 6.07 Å². The smallest absolute Gasteiger partial charge is 0.124 e. The van der Waals surface area contributed by atoms with Crippen molar-refractivity contribution >= 4 is 22.6 Å². The number of hydrogen-bond donors (Lipinski definition) is 0. The molecule has 21 heavy (non-hydrogen) atoms. The van der Waals surface area contributed by atoms with E-state index in [4.69, 9.17) is 11.6 Å². The summed E-state index contributed by atoms with van der Waals surface area (Å²) in [7, 11) is 0. The van der Waals surface area contributed by atoms with Crippen LogP contribution in [0, 0.1) is 12.7 Å². The topological polar surface area (TPSA) is 17.8 Å². The van der Waals surface area contributed by atoms with Crippen LogP contribution < -0.4 is 0 Å². The highest BCUT2D eigenvalue weighted by Gasteiger charge is 2.11. The third-order valence-corrected chi connectivity index (χ3v) is 3.93. The molecule has 108 valence electrons. The van der Waals surface area contributed by atoms with Gasteiger partial charge >= 0.3 is 0 Å². The maximum Gasteiger partial charge on any atom is 0.124 e. The Hall–Kier alpha value is -1.87. The van der Waals surface area contributed by atoms with Crippen LogP contribution in [0.1, 0.15) is 17.0 Å². The van der Waals surface area contributed by atoms with E-state index in [1.807, 2.05) is 25.1 Å². The molecule has 2 nitrogen and oxygen atoms in total. The van der Waals surface area contributed by atoms with E-state index >= 15 is 0 Å². The molecule has 2 aromatic carbocycles. The maximum atomic E-state index is 13.2. The molecule has 0 amide bonds. The summed E-state index contributed by atoms with van der Waals surface area (Å²) >= 11 is 6.02. The highest BCUT2D eigenvalue weighted by molar-refractivity contribution is 6.16. The standard InChI is InChI=1S/C17H16ClFN2/c1-12-4-2-7-15-17(12)20-16(11-18)21(15)9-8-13-5-3-6-14(19)10-13/h2-7,10H,8-9,11H2,1H3. The van der Waals surface area contributed by atoms with Crippen LogP contribution >= 0.6 is 11.6 Å². The molecule has 0 aliphatic heterocycles. The summed E-state index contributed by atoms with van der Waals surface area (Å²) in [5, 5.41) is 0. The Morgan fingerprint density at radius 1 is 1.19 bits per heavy atom. The van der Waals surface area contributed by atoms with Crippen LogP contribution in [0.25, 0.3) is 11.0 Å². The molecule has 4 heteroatoms. The second-order valence-corrected chi connectivity index (χ2v) is 5.40. The monoisotopic (exact) mass is 302 g/mol. The van der Waals surface area contributed by atoms with Gasteiger partial charge in [-0.05, 0) is 42.7 Å². The molecule has 0 radical (unpaired) electrons. The van der Waals surface area contributed by atoms with Crippen LogP contribution in [0.15, 0.2) is 42.5 Å². The number of aryl methyl sites for hydroxylation is 3. The molecule has 0 fully saturated rings. The largest absolute Gasteiger partial charge is 0.327 e. The molecule has 1 aromatic heterocycles. The van der Waals surface area contributed by atoms with E-state index in [0.29, 0.717) is 5.88 Å². The number of rotatable bonds is 4. The number of benzene rings is 2. The molecule has 0 unspecified atom stereocenters. The fourth-order valence-electron chi connectivity index (χ4n) is 2.62. The minimum Gasteiger partial charge on any atom is -0.327 e. The van der Waals surface area contributed by atoms with Crippen molar-refractivity contribution in [1.29, 1.82) is 0 Å². The van der Waals surface area contributed by atoms with Crippen molar-refractivity contribution in [2.75, 3.05) is 0 Å². The number of hydrogen-bond acceptors (Lipinski definition) is 1. The van der Waals surface area contributed by atoms with E-state index in [9.17, 15) is 4.39 Å². The number of imidazole rings is 1. The maximum absolute atomic E-state index is 13.2. The Balaban J connectivity index is 1.94. The van der Waals surface area contributed by atoms with Gasteiger partial charge < -0.3 is 4.57 Å². The quantitative estimate of drug-likeness (QED) is 0.650. The first-order chi connectivity index (χ1) is 10.2. The van der Waals surface area contributed by atoms with E-state index in [1.54, 1.807) is 12.1 Å². The van der Waals surface area contributed by atoms with Gasteiger partial charge in [0.15, 0.2) is 0 Å². The zero-order valence-electron chi connectivity index (χ0n) is 11.8. The number of alkyl halides is 1. The molecule has 0 saturated heterocycles. The van der Waals surface area contributed by atoms with Crippen LogP contribution in [0.5, 0.6) is 0 Å². The predicted octanol–water partition coefficient (Wildman–Crippen LogP) is 4.47. The van der Waals surface area contributed by atoms with Crippen molar-refractivity contribution in [3.05, 3.63) is 65.2 Å². The molecule has 0 spiro atoms. The van der Waals surface area contributed by atoms with Gasteiger partial charge in [0.25, 0.3) is 0 Å². The molecule has 0 atom stereocenters. The lowest BCUT2D eigenvalue weighted by Gasteiger charge is -2.08. The molecular formula is C17H16ClFN2. The fraction of sp³-hybridized carbons (Fsp3) is 0.235. The van der Waals surface area contributed by atoms with Gasteiger partial charge in [-0.15, -0.1) is 11.6 Å². The zero-order chi connectivity index (χ0) is 14.8. The summed E-state index contributed by atoms with van der Waals surface area (Å²) < 4.78 is 15.4. The minimum absolute atomic E-state index is 0.198. The fourth-order valence-corrected chi connectivity index (χ4v) is 2.82. The third-order valence-electron chi connectivity index (χ3n) is 3.69. The summed E-state index contributed by atoms with van der Waals surface area (Å²) in [5.74, 6) is 1.03. The van der Waals surface area contributed by atoms with E-state index in [0.717, 1.165) is 41.0 Å². The van der Waals surface area contributed by atoms with Crippen molar-refractivity contribution in [3.8, 4) is 0 Å². The summed E-state index contributed by atoms with van der Waals surface area (Å²) in [6.07, 6.45) is 0.751. The Morgan fingerprint density at radius 2 is 2.00 bits per heavy atom. The first-order valence-corrected chi connectivity index (χ1v) is 7.47. The average molecular weight is 303 g/mol. The Labute approximate surface area is 128 Å². The first kappa shape index (κ1) is 14.1. The Morgan fingerprint density at radius 3 is 2.76 bits per heavy atom. The van der Waals surface area contributed by atoms with Gasteiger partial charge in [-0.3, -0.25) is 0 Å². The number of fused-ring (bicyclic) bond motifs is 1. The lowest BCUT2D eigenvalue weighted by atomic mass is 10.1. The van der Waals surface area contributed by atoms with Crippen molar-refractivity contribution < 1.29 is 4.39 Å². The van der Waals surface area contributed by atoms with Crippen LogP contribution in [-0.4, -0.2) is 9.55 Å². The van der Waals surface area contributed by atoms with Gasteiger partial charge in [0.05, 0.1) is 16.9 Å². The normalized spacial score (nSPS) is 11.2.